The number of ether oxygens (including phenoxy) is 1. The summed E-state index contributed by atoms with van der Waals surface area (Å²) in [5.74, 6) is -0.953. The van der Waals surface area contributed by atoms with E-state index in [2.05, 4.69) is 5.32 Å². The van der Waals surface area contributed by atoms with Crippen molar-refractivity contribution in [1.82, 2.24) is 0 Å². The average molecular weight is 530 g/mol. The van der Waals surface area contributed by atoms with Gasteiger partial charge in [0, 0.05) is 23.4 Å². The van der Waals surface area contributed by atoms with Gasteiger partial charge >= 0.3 is 12.4 Å². The predicted molar refractivity (Wildman–Crippen MR) is 114 cm³/mol. The van der Waals surface area contributed by atoms with E-state index in [1.165, 1.54) is 24.3 Å². The van der Waals surface area contributed by atoms with Crippen molar-refractivity contribution in [3.8, 4) is 0 Å². The summed E-state index contributed by atoms with van der Waals surface area (Å²) < 4.78 is 104. The first kappa shape index (κ1) is 26.1. The number of carbonyl (C=O) groups is 1. The number of halogens is 7. The number of anilines is 2. The lowest BCUT2D eigenvalue weighted by Gasteiger charge is -2.36. The number of nitrogens with one attached hydrogen (secondary N) is 2. The molecule has 1 fully saturated rings. The smallest absolute Gasteiger partial charge is 0.366 e. The third-order valence-corrected chi connectivity index (χ3v) is 6.42. The van der Waals surface area contributed by atoms with Crippen molar-refractivity contribution in [2.24, 2.45) is 0 Å². The van der Waals surface area contributed by atoms with E-state index in [9.17, 15) is 35.3 Å². The summed E-state index contributed by atoms with van der Waals surface area (Å²) in [6.45, 7) is -1.45. The molecule has 6 nitrogen and oxygen atoms in total. The van der Waals surface area contributed by atoms with Gasteiger partial charge in [-0.3, -0.25) is 4.79 Å². The van der Waals surface area contributed by atoms with Crippen LogP contribution in [0.25, 0.3) is 0 Å². The summed E-state index contributed by atoms with van der Waals surface area (Å²) in [6.07, 6.45) is -10.8. The number of hydrogen-bond donors (Lipinski definition) is 2. The van der Waals surface area contributed by atoms with Crippen LogP contribution in [0.4, 0.5) is 37.7 Å². The van der Waals surface area contributed by atoms with Crippen LogP contribution in [0.5, 0.6) is 0 Å². The standard InChI is InChI=1S/C20H18ClF6N3O3S/c1-34(28,32)12-4-2-3-11(7-12)29-18(31)13-8-15(21)14(19(22,23)24)9-16(13)30-5-6-33-17(10-30)20(25,26)27/h2-4,7-9,17,28H,5-6,10H2,1H3,(H,29,31)/t17-,34?/m1/s1. The average Bonchev–Trinajstić information content (AvgIpc) is 2.71. The van der Waals surface area contributed by atoms with Gasteiger partial charge in [-0.25, -0.2) is 8.99 Å². The zero-order valence-corrected chi connectivity index (χ0v) is 19.0. The second-order valence-electron chi connectivity index (χ2n) is 7.52. The Labute approximate surface area is 195 Å². The Kier molecular flexibility index (Phi) is 7.11. The lowest BCUT2D eigenvalue weighted by Crippen LogP contribution is -2.49. The molecule has 1 amide bonds. The van der Waals surface area contributed by atoms with E-state index in [1.54, 1.807) is 0 Å². The molecule has 2 aromatic carbocycles. The van der Waals surface area contributed by atoms with E-state index in [-0.39, 0.29) is 17.1 Å². The molecule has 2 aromatic rings. The van der Waals surface area contributed by atoms with Crippen molar-refractivity contribution in [3.63, 3.8) is 0 Å². The molecule has 0 saturated carbocycles. The minimum absolute atomic E-state index is 0.0847. The molecule has 0 radical (unpaired) electrons. The molecule has 0 spiro atoms. The summed E-state index contributed by atoms with van der Waals surface area (Å²) in [6, 6.07) is 6.74. The van der Waals surface area contributed by atoms with Gasteiger partial charge in [0.05, 0.1) is 44.7 Å². The summed E-state index contributed by atoms with van der Waals surface area (Å²) in [4.78, 5) is 14.1. The SMILES string of the molecule is CS(=N)(=O)c1cccc(NC(=O)c2cc(Cl)c(C(F)(F)F)cc2N2CCO[C@@H](C(F)(F)F)C2)c1. The van der Waals surface area contributed by atoms with Crippen molar-refractivity contribution in [2.75, 3.05) is 36.2 Å². The Morgan fingerprint density at radius 3 is 2.47 bits per heavy atom. The Balaban J connectivity index is 2.04. The van der Waals surface area contributed by atoms with Crippen LogP contribution in [0, 0.1) is 4.78 Å². The summed E-state index contributed by atoms with van der Waals surface area (Å²) in [5.41, 5.74) is -2.02. The lowest BCUT2D eigenvalue weighted by molar-refractivity contribution is -0.221. The van der Waals surface area contributed by atoms with Crippen LogP contribution in [0.3, 0.4) is 0 Å². The molecule has 1 heterocycles. The summed E-state index contributed by atoms with van der Waals surface area (Å²) in [7, 11) is -3.13. The number of nitrogens with zero attached hydrogens (tertiary/aromatic N) is 1. The van der Waals surface area contributed by atoms with E-state index in [4.69, 9.17) is 21.1 Å². The van der Waals surface area contributed by atoms with Crippen molar-refractivity contribution in [2.45, 2.75) is 23.4 Å². The number of alkyl halides is 6. The Morgan fingerprint density at radius 1 is 1.21 bits per heavy atom. The molecule has 0 aliphatic carbocycles. The summed E-state index contributed by atoms with van der Waals surface area (Å²) >= 11 is 5.77. The normalized spacial score (nSPS) is 18.9. The van der Waals surface area contributed by atoms with Crippen molar-refractivity contribution in [1.29, 1.82) is 4.78 Å². The molecule has 3 rings (SSSR count). The fourth-order valence-electron chi connectivity index (χ4n) is 3.30. The first-order valence-electron chi connectivity index (χ1n) is 9.56. The molecule has 34 heavy (non-hydrogen) atoms. The van der Waals surface area contributed by atoms with Crippen LogP contribution >= 0.6 is 11.6 Å². The molecular weight excluding hydrogens is 512 g/mol. The van der Waals surface area contributed by atoms with Crippen molar-refractivity contribution < 1.29 is 40.1 Å². The Morgan fingerprint density at radius 2 is 1.88 bits per heavy atom. The van der Waals surface area contributed by atoms with Crippen LogP contribution in [0.2, 0.25) is 5.02 Å². The fraction of sp³-hybridized carbons (Fsp3) is 0.350. The third-order valence-electron chi connectivity index (χ3n) is 4.95. The monoisotopic (exact) mass is 529 g/mol. The predicted octanol–water partition coefficient (Wildman–Crippen LogP) is 5.41. The van der Waals surface area contributed by atoms with Crippen LogP contribution in [0.15, 0.2) is 41.3 Å². The van der Waals surface area contributed by atoms with Gasteiger partial charge in [0.1, 0.15) is 0 Å². The van der Waals surface area contributed by atoms with E-state index >= 15 is 0 Å². The quantitative estimate of drug-likeness (QED) is 0.519. The first-order valence-corrected chi connectivity index (χ1v) is 11.9. The second-order valence-corrected chi connectivity index (χ2v) is 10.1. The highest BCUT2D eigenvalue weighted by Gasteiger charge is 2.44. The zero-order chi connectivity index (χ0) is 25.5. The number of hydrogen-bond acceptors (Lipinski definition) is 5. The highest BCUT2D eigenvalue weighted by molar-refractivity contribution is 7.91. The minimum atomic E-state index is -4.92. The first-order chi connectivity index (χ1) is 15.6. The summed E-state index contributed by atoms with van der Waals surface area (Å²) in [5, 5.41) is 1.60. The number of amides is 1. The number of carbonyl (C=O) groups excluding carboxylic acids is 1. The van der Waals surface area contributed by atoms with Crippen molar-refractivity contribution in [3.05, 3.63) is 52.5 Å². The van der Waals surface area contributed by atoms with E-state index < -0.39 is 69.1 Å². The lowest BCUT2D eigenvalue weighted by atomic mass is 10.0. The topological polar surface area (TPSA) is 82.5 Å². The molecule has 14 heteroatoms. The van der Waals surface area contributed by atoms with Gasteiger partial charge in [0.15, 0.2) is 6.10 Å². The van der Waals surface area contributed by atoms with E-state index in [0.29, 0.717) is 6.07 Å². The van der Waals surface area contributed by atoms with Gasteiger partial charge in [-0.2, -0.15) is 26.3 Å². The maximum absolute atomic E-state index is 13.4. The molecule has 186 valence electrons. The molecule has 2 N–H and O–H groups in total. The second kappa shape index (κ2) is 9.27. The van der Waals surface area contributed by atoms with Gasteiger partial charge in [-0.05, 0) is 30.3 Å². The van der Waals surface area contributed by atoms with Crippen LogP contribution in [-0.2, 0) is 20.6 Å². The maximum atomic E-state index is 13.4. The Bertz CT molecular complexity index is 1200. The number of rotatable bonds is 4. The van der Waals surface area contributed by atoms with Gasteiger partial charge in [0.2, 0.25) is 0 Å². The number of benzene rings is 2. The fourth-order valence-corrected chi connectivity index (χ4v) is 4.26. The third kappa shape index (κ3) is 5.94. The molecule has 1 aliphatic rings. The van der Waals surface area contributed by atoms with E-state index in [1.807, 2.05) is 0 Å². The molecule has 0 aromatic heterocycles. The van der Waals surface area contributed by atoms with Crippen molar-refractivity contribution >= 4 is 38.6 Å². The molecule has 2 atom stereocenters. The van der Waals surface area contributed by atoms with Gasteiger partial charge < -0.3 is 15.0 Å². The van der Waals surface area contributed by atoms with Gasteiger partial charge in [-0.15, -0.1) is 0 Å². The van der Waals surface area contributed by atoms with Crippen LogP contribution in [0.1, 0.15) is 15.9 Å². The highest BCUT2D eigenvalue weighted by atomic mass is 35.5. The largest absolute Gasteiger partial charge is 0.417 e. The molecule has 0 bridgehead atoms. The highest BCUT2D eigenvalue weighted by Crippen LogP contribution is 2.40. The van der Waals surface area contributed by atoms with Crippen LogP contribution in [-0.4, -0.2) is 48.3 Å². The van der Waals surface area contributed by atoms with Crippen LogP contribution < -0.4 is 10.2 Å². The zero-order valence-electron chi connectivity index (χ0n) is 17.4. The number of morpholine rings is 1. The minimum Gasteiger partial charge on any atom is -0.366 e. The maximum Gasteiger partial charge on any atom is 0.417 e. The van der Waals surface area contributed by atoms with E-state index in [0.717, 1.165) is 17.2 Å². The molecule has 1 aliphatic heterocycles. The molecule has 1 unspecified atom stereocenters. The molecule has 1 saturated heterocycles. The van der Waals surface area contributed by atoms with Gasteiger partial charge in [0.25, 0.3) is 5.91 Å². The molecular formula is C20H18ClF6N3O3S. The van der Waals surface area contributed by atoms with Gasteiger partial charge in [-0.1, -0.05) is 17.7 Å². The Hall–Kier alpha value is -2.51.